The highest BCUT2D eigenvalue weighted by Gasteiger charge is 2.35. The lowest BCUT2D eigenvalue weighted by molar-refractivity contribution is 0.188. The van der Waals surface area contributed by atoms with E-state index in [4.69, 9.17) is 0 Å². The van der Waals surface area contributed by atoms with Gasteiger partial charge in [-0.3, -0.25) is 0 Å². The molecule has 1 heterocycles. The van der Waals surface area contributed by atoms with Crippen LogP contribution in [0.25, 0.3) is 0 Å². The van der Waals surface area contributed by atoms with Crippen molar-refractivity contribution in [3.05, 3.63) is 0 Å². The van der Waals surface area contributed by atoms with Crippen LogP contribution in [-0.4, -0.2) is 43.2 Å². The lowest BCUT2D eigenvalue weighted by Gasteiger charge is -2.35. The van der Waals surface area contributed by atoms with Gasteiger partial charge in [0, 0.05) is 19.6 Å². The number of carbonyl (C=O) groups is 1. The average molecular weight is 238 g/mol. The summed E-state index contributed by atoms with van der Waals surface area (Å²) >= 11 is 0. The fraction of sp³-hybridized carbons (Fsp3) is 0.833. The maximum Gasteiger partial charge on any atom is 0.316 e. The Hall–Kier alpha value is -1.28. The largest absolute Gasteiger partial charge is 0.338 e. The molecule has 2 N–H and O–H groups in total. The van der Waals surface area contributed by atoms with E-state index >= 15 is 0 Å². The van der Waals surface area contributed by atoms with Crippen LogP contribution in [0.3, 0.4) is 0 Å². The smallest absolute Gasteiger partial charge is 0.316 e. The van der Waals surface area contributed by atoms with Gasteiger partial charge in [0.1, 0.15) is 5.54 Å². The number of nitrogens with one attached hydrogen (secondary N) is 2. The summed E-state index contributed by atoms with van der Waals surface area (Å²) in [7, 11) is 2.03. The number of nitrogens with zero attached hydrogens (tertiary/aromatic N) is 2. The Morgan fingerprint density at radius 1 is 1.47 bits per heavy atom. The first-order valence-electron chi connectivity index (χ1n) is 6.28. The molecule has 1 aliphatic rings. The quantitative estimate of drug-likeness (QED) is 0.720. The first-order valence-corrected chi connectivity index (χ1v) is 6.28. The second-order valence-corrected chi connectivity index (χ2v) is 4.73. The normalized spacial score (nSPS) is 19.4. The van der Waals surface area contributed by atoms with E-state index in [1.54, 1.807) is 0 Å². The molecule has 0 unspecified atom stereocenters. The van der Waals surface area contributed by atoms with E-state index < -0.39 is 5.54 Å². The first-order chi connectivity index (χ1) is 8.12. The molecular weight excluding hydrogens is 216 g/mol. The molecule has 1 aliphatic heterocycles. The van der Waals surface area contributed by atoms with Gasteiger partial charge in [0.2, 0.25) is 0 Å². The van der Waals surface area contributed by atoms with Gasteiger partial charge in [0.05, 0.1) is 6.07 Å². The molecule has 0 aliphatic carbocycles. The van der Waals surface area contributed by atoms with Crippen LogP contribution < -0.4 is 10.6 Å². The van der Waals surface area contributed by atoms with Crippen LogP contribution in [0.2, 0.25) is 0 Å². The summed E-state index contributed by atoms with van der Waals surface area (Å²) in [5.41, 5.74) is -0.678. The highest BCUT2D eigenvalue weighted by molar-refractivity contribution is 5.75. The van der Waals surface area contributed by atoms with Gasteiger partial charge in [-0.2, -0.15) is 5.26 Å². The molecule has 2 amide bonds. The Balaban J connectivity index is 2.41. The van der Waals surface area contributed by atoms with Gasteiger partial charge >= 0.3 is 6.03 Å². The van der Waals surface area contributed by atoms with Crippen molar-refractivity contribution >= 4 is 6.03 Å². The number of amides is 2. The van der Waals surface area contributed by atoms with Crippen molar-refractivity contribution in [1.82, 2.24) is 15.5 Å². The predicted molar refractivity (Wildman–Crippen MR) is 66.5 cm³/mol. The number of unbranched alkanes of at least 4 members (excludes halogenated alkanes) is 1. The van der Waals surface area contributed by atoms with Crippen molar-refractivity contribution in [2.24, 2.45) is 0 Å². The Kier molecular flexibility index (Phi) is 5.23. The molecule has 0 aromatic carbocycles. The van der Waals surface area contributed by atoms with E-state index in [-0.39, 0.29) is 6.03 Å². The molecule has 96 valence electrons. The molecule has 5 heteroatoms. The monoisotopic (exact) mass is 238 g/mol. The number of nitriles is 1. The van der Waals surface area contributed by atoms with Gasteiger partial charge in [-0.05, 0) is 26.3 Å². The van der Waals surface area contributed by atoms with Gasteiger partial charge in [0.15, 0.2) is 0 Å². The molecule has 1 rings (SSSR count). The lowest BCUT2D eigenvalue weighted by atomic mass is 9.89. The SMILES string of the molecule is CCCCNC(=O)NC1(C#N)CCN(C)CC1. The summed E-state index contributed by atoms with van der Waals surface area (Å²) in [5.74, 6) is 0. The lowest BCUT2D eigenvalue weighted by Crippen LogP contribution is -2.56. The third kappa shape index (κ3) is 4.23. The minimum absolute atomic E-state index is 0.218. The Morgan fingerprint density at radius 3 is 2.65 bits per heavy atom. The van der Waals surface area contributed by atoms with Crippen LogP contribution >= 0.6 is 0 Å². The molecule has 0 radical (unpaired) electrons. The summed E-state index contributed by atoms with van der Waals surface area (Å²) in [4.78, 5) is 13.8. The van der Waals surface area contributed by atoms with E-state index in [1.807, 2.05) is 7.05 Å². The molecule has 0 bridgehead atoms. The van der Waals surface area contributed by atoms with Crippen molar-refractivity contribution in [2.45, 2.75) is 38.1 Å². The highest BCUT2D eigenvalue weighted by Crippen LogP contribution is 2.20. The Morgan fingerprint density at radius 2 is 2.12 bits per heavy atom. The fourth-order valence-electron chi connectivity index (χ4n) is 1.91. The number of hydrogen-bond donors (Lipinski definition) is 2. The number of hydrogen-bond acceptors (Lipinski definition) is 3. The van der Waals surface area contributed by atoms with Gasteiger partial charge in [-0.1, -0.05) is 13.3 Å². The molecule has 5 nitrogen and oxygen atoms in total. The number of likely N-dealkylation sites (tertiary alicyclic amines) is 1. The van der Waals surface area contributed by atoms with Crippen LogP contribution in [0.4, 0.5) is 4.79 Å². The van der Waals surface area contributed by atoms with Crippen LogP contribution in [0.1, 0.15) is 32.6 Å². The van der Waals surface area contributed by atoms with Crippen molar-refractivity contribution in [1.29, 1.82) is 5.26 Å². The summed E-state index contributed by atoms with van der Waals surface area (Å²) in [6.07, 6.45) is 3.41. The van der Waals surface area contributed by atoms with E-state index in [1.165, 1.54) is 0 Å². The van der Waals surface area contributed by atoms with Gasteiger partial charge in [-0.15, -0.1) is 0 Å². The molecule has 0 saturated carbocycles. The zero-order chi connectivity index (χ0) is 12.7. The number of piperidine rings is 1. The number of urea groups is 1. The Bertz CT molecular complexity index is 289. The third-order valence-corrected chi connectivity index (χ3v) is 3.22. The van der Waals surface area contributed by atoms with Crippen molar-refractivity contribution in [3.63, 3.8) is 0 Å². The first kappa shape index (κ1) is 13.8. The average Bonchev–Trinajstić information content (AvgIpc) is 2.33. The van der Waals surface area contributed by atoms with Gasteiger partial charge in [0.25, 0.3) is 0 Å². The molecule has 17 heavy (non-hydrogen) atoms. The Labute approximate surface area is 103 Å². The second-order valence-electron chi connectivity index (χ2n) is 4.73. The second kappa shape index (κ2) is 6.45. The minimum Gasteiger partial charge on any atom is -0.338 e. The number of rotatable bonds is 4. The summed E-state index contributed by atoms with van der Waals surface area (Å²) < 4.78 is 0. The molecular formula is C12H22N4O. The topological polar surface area (TPSA) is 68.2 Å². The molecule has 1 saturated heterocycles. The van der Waals surface area contributed by atoms with Crippen molar-refractivity contribution < 1.29 is 4.79 Å². The third-order valence-electron chi connectivity index (χ3n) is 3.22. The molecule has 1 fully saturated rings. The van der Waals surface area contributed by atoms with Crippen LogP contribution in [0.15, 0.2) is 0 Å². The summed E-state index contributed by atoms with van der Waals surface area (Å²) in [6, 6.07) is 2.04. The minimum atomic E-state index is -0.678. The predicted octanol–water partition coefficient (Wildman–Crippen LogP) is 1.07. The molecule has 0 spiro atoms. The zero-order valence-corrected chi connectivity index (χ0v) is 10.8. The fourth-order valence-corrected chi connectivity index (χ4v) is 1.91. The summed E-state index contributed by atoms with van der Waals surface area (Å²) in [6.45, 7) is 4.45. The molecule has 0 atom stereocenters. The van der Waals surface area contributed by atoms with E-state index in [2.05, 4.69) is 28.5 Å². The maximum atomic E-state index is 11.6. The van der Waals surface area contributed by atoms with Crippen LogP contribution in [0.5, 0.6) is 0 Å². The highest BCUT2D eigenvalue weighted by atomic mass is 16.2. The van der Waals surface area contributed by atoms with Crippen LogP contribution in [-0.2, 0) is 0 Å². The van der Waals surface area contributed by atoms with Crippen LogP contribution in [0, 0.1) is 11.3 Å². The zero-order valence-electron chi connectivity index (χ0n) is 10.8. The molecule has 0 aromatic heterocycles. The molecule has 0 aromatic rings. The van der Waals surface area contributed by atoms with Gasteiger partial charge < -0.3 is 15.5 Å². The maximum absolute atomic E-state index is 11.6. The van der Waals surface area contributed by atoms with E-state index in [0.717, 1.165) is 25.9 Å². The number of carbonyl (C=O) groups excluding carboxylic acids is 1. The summed E-state index contributed by atoms with van der Waals surface area (Å²) in [5, 5.41) is 14.8. The standard InChI is InChI=1S/C12H22N4O/c1-3-4-7-14-11(17)15-12(10-13)5-8-16(2)9-6-12/h3-9H2,1-2H3,(H2,14,15,17). The van der Waals surface area contributed by atoms with Crippen molar-refractivity contribution in [3.8, 4) is 6.07 Å². The van der Waals surface area contributed by atoms with Crippen molar-refractivity contribution in [2.75, 3.05) is 26.7 Å². The van der Waals surface area contributed by atoms with E-state index in [9.17, 15) is 10.1 Å². The van der Waals surface area contributed by atoms with Gasteiger partial charge in [-0.25, -0.2) is 4.79 Å². The van der Waals surface area contributed by atoms with E-state index in [0.29, 0.717) is 19.4 Å².